The lowest BCUT2D eigenvalue weighted by atomic mass is 9.67. The molecule has 6 heteroatoms. The lowest BCUT2D eigenvalue weighted by Gasteiger charge is -2.39. The molecule has 1 unspecified atom stereocenters. The van der Waals surface area contributed by atoms with E-state index >= 15 is 0 Å². The summed E-state index contributed by atoms with van der Waals surface area (Å²) < 4.78 is 15.2. The van der Waals surface area contributed by atoms with Gasteiger partial charge in [0, 0.05) is 12.5 Å². The first-order valence-corrected chi connectivity index (χ1v) is 11.8. The number of rotatable bonds is 8. The molecule has 5 nitrogen and oxygen atoms in total. The van der Waals surface area contributed by atoms with Crippen molar-refractivity contribution in [2.75, 3.05) is 7.05 Å². The smallest absolute Gasteiger partial charge is 0.224 e. The first-order valence-electron chi connectivity index (χ1n) is 11.8. The third-order valence-corrected chi connectivity index (χ3v) is 7.11. The fourth-order valence-corrected chi connectivity index (χ4v) is 4.99. The zero-order valence-corrected chi connectivity index (χ0v) is 20.0. The molecule has 1 aromatic heterocycles. The van der Waals surface area contributed by atoms with Crippen molar-refractivity contribution < 1.29 is 14.3 Å². The molecule has 0 bridgehead atoms. The molecule has 1 heterocycles. The summed E-state index contributed by atoms with van der Waals surface area (Å²) >= 11 is 0. The summed E-state index contributed by atoms with van der Waals surface area (Å²) in [7, 11) is 1.64. The number of carbonyl (C=O) groups is 1. The van der Waals surface area contributed by atoms with Crippen LogP contribution in [-0.4, -0.2) is 33.9 Å². The highest BCUT2D eigenvalue weighted by Crippen LogP contribution is 2.44. The van der Waals surface area contributed by atoms with Crippen molar-refractivity contribution in [2.45, 2.75) is 52.1 Å². The van der Waals surface area contributed by atoms with Crippen molar-refractivity contribution >= 4 is 12.0 Å². The maximum atomic E-state index is 13.4. The molecule has 0 aliphatic heterocycles. The van der Waals surface area contributed by atoms with Gasteiger partial charge in [-0.3, -0.25) is 4.79 Å². The Morgan fingerprint density at radius 1 is 1.21 bits per heavy atom. The Labute approximate surface area is 200 Å². The van der Waals surface area contributed by atoms with Crippen LogP contribution in [0.15, 0.2) is 60.3 Å². The number of aromatic nitrogens is 2. The van der Waals surface area contributed by atoms with Gasteiger partial charge in [0.15, 0.2) is 0 Å². The minimum Gasteiger partial charge on any atom is -0.392 e. The molecule has 1 amide bonds. The predicted octanol–water partition coefficient (Wildman–Crippen LogP) is 4.65. The minimum atomic E-state index is -0.547. The van der Waals surface area contributed by atoms with Gasteiger partial charge in [0.2, 0.25) is 5.91 Å². The SMILES string of the molecule is CCC1=Cc2c(cnn2-c2ccc(F)cc2)CC1(C)[C@@H](O)CCc1ccccc1CC(=O)NC. The maximum absolute atomic E-state index is 13.4. The Hall–Kier alpha value is -3.25. The highest BCUT2D eigenvalue weighted by Gasteiger charge is 2.39. The van der Waals surface area contributed by atoms with Crippen LogP contribution in [0.1, 0.15) is 49.1 Å². The lowest BCUT2D eigenvalue weighted by molar-refractivity contribution is -0.119. The van der Waals surface area contributed by atoms with Crippen molar-refractivity contribution in [1.29, 1.82) is 0 Å². The van der Waals surface area contributed by atoms with Gasteiger partial charge in [-0.05, 0) is 72.7 Å². The van der Waals surface area contributed by atoms with Crippen LogP contribution in [0.5, 0.6) is 0 Å². The second kappa shape index (κ2) is 9.94. The van der Waals surface area contributed by atoms with E-state index in [0.717, 1.165) is 34.5 Å². The van der Waals surface area contributed by atoms with Crippen LogP contribution in [-0.2, 0) is 24.1 Å². The van der Waals surface area contributed by atoms with Crippen molar-refractivity contribution in [3.8, 4) is 5.69 Å². The maximum Gasteiger partial charge on any atom is 0.224 e. The molecule has 2 aromatic carbocycles. The van der Waals surface area contributed by atoms with Crippen LogP contribution in [0.2, 0.25) is 0 Å². The largest absolute Gasteiger partial charge is 0.392 e. The average Bonchev–Trinajstić information content (AvgIpc) is 3.25. The van der Waals surface area contributed by atoms with Gasteiger partial charge in [0.25, 0.3) is 0 Å². The number of amides is 1. The number of aryl methyl sites for hydroxylation is 1. The summed E-state index contributed by atoms with van der Waals surface area (Å²) in [4.78, 5) is 11.9. The van der Waals surface area contributed by atoms with Gasteiger partial charge in [-0.25, -0.2) is 9.07 Å². The third kappa shape index (κ3) is 4.68. The van der Waals surface area contributed by atoms with E-state index in [9.17, 15) is 14.3 Å². The molecular weight excluding hydrogens is 429 g/mol. The minimum absolute atomic E-state index is 0.0193. The number of aliphatic hydroxyl groups is 1. The highest BCUT2D eigenvalue weighted by atomic mass is 19.1. The fourth-order valence-electron chi connectivity index (χ4n) is 4.99. The van der Waals surface area contributed by atoms with Gasteiger partial charge in [-0.2, -0.15) is 5.10 Å². The molecule has 1 aliphatic rings. The molecule has 0 saturated carbocycles. The van der Waals surface area contributed by atoms with E-state index in [1.54, 1.807) is 19.2 Å². The molecule has 0 fully saturated rings. The van der Waals surface area contributed by atoms with E-state index in [4.69, 9.17) is 0 Å². The Balaban J connectivity index is 1.55. The first kappa shape index (κ1) is 23.9. The second-order valence-corrected chi connectivity index (χ2v) is 9.23. The normalized spacial score (nSPS) is 18.2. The lowest BCUT2D eigenvalue weighted by Crippen LogP contribution is -2.38. The summed E-state index contributed by atoms with van der Waals surface area (Å²) in [5.74, 6) is -0.295. The fraction of sp³-hybridized carbons (Fsp3) is 0.357. The molecule has 34 heavy (non-hydrogen) atoms. The first-order chi connectivity index (χ1) is 16.4. The molecule has 2 atom stereocenters. The van der Waals surface area contributed by atoms with E-state index in [2.05, 4.69) is 30.3 Å². The summed E-state index contributed by atoms with van der Waals surface area (Å²) in [6.45, 7) is 4.24. The summed E-state index contributed by atoms with van der Waals surface area (Å²) in [6, 6.07) is 14.3. The Kier molecular flexibility index (Phi) is 6.98. The van der Waals surface area contributed by atoms with Crippen LogP contribution in [0, 0.1) is 11.2 Å². The monoisotopic (exact) mass is 461 g/mol. The van der Waals surface area contributed by atoms with Gasteiger partial charge >= 0.3 is 0 Å². The number of nitrogens with zero attached hydrogens (tertiary/aromatic N) is 2. The number of halogens is 1. The van der Waals surface area contributed by atoms with Crippen LogP contribution >= 0.6 is 0 Å². The third-order valence-electron chi connectivity index (χ3n) is 7.11. The molecule has 2 N–H and O–H groups in total. The number of aliphatic hydroxyl groups excluding tert-OH is 1. The van der Waals surface area contributed by atoms with E-state index in [1.807, 2.05) is 35.1 Å². The molecule has 0 radical (unpaired) electrons. The molecule has 1 aliphatic carbocycles. The Morgan fingerprint density at radius 2 is 1.91 bits per heavy atom. The molecule has 178 valence electrons. The summed E-state index contributed by atoms with van der Waals surface area (Å²) in [5.41, 5.74) is 5.73. The van der Waals surface area contributed by atoms with E-state index in [1.165, 1.54) is 17.7 Å². The predicted molar refractivity (Wildman–Crippen MR) is 132 cm³/mol. The highest BCUT2D eigenvalue weighted by molar-refractivity contribution is 5.78. The van der Waals surface area contributed by atoms with Gasteiger partial charge in [0.05, 0.1) is 30.1 Å². The molecule has 0 saturated heterocycles. The van der Waals surface area contributed by atoms with Crippen molar-refractivity contribution in [3.63, 3.8) is 0 Å². The van der Waals surface area contributed by atoms with Crippen LogP contribution in [0.4, 0.5) is 4.39 Å². The zero-order valence-electron chi connectivity index (χ0n) is 20.0. The van der Waals surface area contributed by atoms with E-state index in [-0.39, 0.29) is 11.7 Å². The number of hydrogen-bond acceptors (Lipinski definition) is 3. The number of benzene rings is 2. The summed E-state index contributed by atoms with van der Waals surface area (Å²) in [5, 5.41) is 18.6. The quantitative estimate of drug-likeness (QED) is 0.513. The van der Waals surface area contributed by atoms with Crippen molar-refractivity contribution in [1.82, 2.24) is 15.1 Å². The molecule has 0 spiro atoms. The van der Waals surface area contributed by atoms with Gasteiger partial charge < -0.3 is 10.4 Å². The standard InChI is InChI=1S/C28H32FN3O2/c1-4-22-16-25-21(18-31-32(25)24-12-10-23(29)11-13-24)17-28(22,2)26(33)14-9-19-7-5-6-8-20(19)15-27(34)30-3/h5-8,10-13,16,18,26,33H,4,9,14-15,17H2,1-3H3,(H,30,34)/t26-,28?/m0/s1. The number of carbonyl (C=O) groups excluding carboxylic acids is 1. The van der Waals surface area contributed by atoms with Crippen LogP contribution in [0.3, 0.4) is 0 Å². The van der Waals surface area contributed by atoms with Crippen molar-refractivity contribution in [2.24, 2.45) is 5.41 Å². The van der Waals surface area contributed by atoms with Gasteiger partial charge in [-0.1, -0.05) is 43.7 Å². The Bertz CT molecular complexity index is 1200. The summed E-state index contributed by atoms with van der Waals surface area (Å²) in [6.07, 6.45) is 6.57. The van der Waals surface area contributed by atoms with Gasteiger partial charge in [0.1, 0.15) is 5.82 Å². The average molecular weight is 462 g/mol. The molecule has 3 aromatic rings. The Morgan fingerprint density at radius 3 is 2.59 bits per heavy atom. The van der Waals surface area contributed by atoms with E-state index in [0.29, 0.717) is 25.7 Å². The number of likely N-dealkylation sites (N-methyl/N-ethyl adjacent to an activating group) is 1. The topological polar surface area (TPSA) is 67.1 Å². The van der Waals surface area contributed by atoms with Crippen LogP contribution in [0.25, 0.3) is 11.8 Å². The second-order valence-electron chi connectivity index (χ2n) is 9.23. The molecular formula is C28H32FN3O2. The number of nitrogens with one attached hydrogen (secondary N) is 1. The van der Waals surface area contributed by atoms with Gasteiger partial charge in [-0.15, -0.1) is 0 Å². The molecule has 4 rings (SSSR count). The number of fused-ring (bicyclic) bond motifs is 1. The number of hydrogen-bond donors (Lipinski definition) is 2. The zero-order chi connectivity index (χ0) is 24.3. The van der Waals surface area contributed by atoms with Crippen molar-refractivity contribution in [3.05, 3.63) is 88.5 Å². The van der Waals surface area contributed by atoms with E-state index < -0.39 is 11.5 Å². The van der Waals surface area contributed by atoms with Crippen LogP contribution < -0.4 is 5.32 Å².